The SMILES string of the molecule is CCNCC(C)C(=O)N1CCCC1(C)C. The Morgan fingerprint density at radius 1 is 1.53 bits per heavy atom. The van der Waals surface area contributed by atoms with Crippen molar-refractivity contribution < 1.29 is 4.79 Å². The smallest absolute Gasteiger partial charge is 0.227 e. The molecule has 1 amide bonds. The van der Waals surface area contributed by atoms with E-state index in [0.717, 1.165) is 32.5 Å². The van der Waals surface area contributed by atoms with Crippen molar-refractivity contribution in [3.8, 4) is 0 Å². The van der Waals surface area contributed by atoms with E-state index in [2.05, 4.69) is 31.0 Å². The molecule has 0 aromatic rings. The van der Waals surface area contributed by atoms with E-state index in [1.54, 1.807) is 0 Å². The zero-order chi connectivity index (χ0) is 11.5. The fraction of sp³-hybridized carbons (Fsp3) is 0.917. The molecule has 15 heavy (non-hydrogen) atoms. The summed E-state index contributed by atoms with van der Waals surface area (Å²) in [5.74, 6) is 0.403. The Morgan fingerprint density at radius 3 is 2.67 bits per heavy atom. The van der Waals surface area contributed by atoms with Gasteiger partial charge in [0.05, 0.1) is 0 Å². The van der Waals surface area contributed by atoms with Gasteiger partial charge in [-0.2, -0.15) is 0 Å². The Hall–Kier alpha value is -0.570. The number of carbonyl (C=O) groups excluding carboxylic acids is 1. The second-order valence-corrected chi connectivity index (χ2v) is 5.11. The molecule has 0 bridgehead atoms. The summed E-state index contributed by atoms with van der Waals surface area (Å²) in [6.45, 7) is 11.1. The van der Waals surface area contributed by atoms with Crippen molar-refractivity contribution in [1.82, 2.24) is 10.2 Å². The van der Waals surface area contributed by atoms with Gasteiger partial charge in [-0.15, -0.1) is 0 Å². The Bertz CT molecular complexity index is 226. The molecule has 0 spiro atoms. The predicted molar refractivity (Wildman–Crippen MR) is 62.7 cm³/mol. The van der Waals surface area contributed by atoms with Crippen LogP contribution >= 0.6 is 0 Å². The number of hydrogen-bond donors (Lipinski definition) is 1. The van der Waals surface area contributed by atoms with Gasteiger partial charge in [-0.25, -0.2) is 0 Å². The molecular formula is C12H24N2O. The molecule has 0 saturated carbocycles. The highest BCUT2D eigenvalue weighted by Gasteiger charge is 2.36. The Balaban J connectivity index is 2.52. The van der Waals surface area contributed by atoms with Crippen LogP contribution in [0.4, 0.5) is 0 Å². The first-order chi connectivity index (χ1) is 6.99. The summed E-state index contributed by atoms with van der Waals surface area (Å²) in [6, 6.07) is 0. The van der Waals surface area contributed by atoms with E-state index < -0.39 is 0 Å². The van der Waals surface area contributed by atoms with Crippen molar-refractivity contribution in [2.24, 2.45) is 5.92 Å². The minimum Gasteiger partial charge on any atom is -0.337 e. The molecule has 1 rings (SSSR count). The van der Waals surface area contributed by atoms with Gasteiger partial charge in [-0.1, -0.05) is 13.8 Å². The summed E-state index contributed by atoms with van der Waals surface area (Å²) >= 11 is 0. The van der Waals surface area contributed by atoms with Crippen LogP contribution in [0.25, 0.3) is 0 Å². The maximum Gasteiger partial charge on any atom is 0.227 e. The molecule has 3 nitrogen and oxygen atoms in total. The molecule has 1 N–H and O–H groups in total. The van der Waals surface area contributed by atoms with Crippen LogP contribution in [0.15, 0.2) is 0 Å². The second-order valence-electron chi connectivity index (χ2n) is 5.11. The monoisotopic (exact) mass is 212 g/mol. The third-order valence-corrected chi connectivity index (χ3v) is 3.29. The van der Waals surface area contributed by atoms with Crippen LogP contribution in [0.3, 0.4) is 0 Å². The zero-order valence-corrected chi connectivity index (χ0v) is 10.5. The number of nitrogens with one attached hydrogen (secondary N) is 1. The summed E-state index contributed by atoms with van der Waals surface area (Å²) < 4.78 is 0. The maximum atomic E-state index is 12.2. The van der Waals surface area contributed by atoms with Crippen molar-refractivity contribution >= 4 is 5.91 Å². The summed E-state index contributed by atoms with van der Waals surface area (Å²) in [4.78, 5) is 14.2. The van der Waals surface area contributed by atoms with E-state index in [0.29, 0.717) is 5.91 Å². The number of likely N-dealkylation sites (tertiary alicyclic amines) is 1. The van der Waals surface area contributed by atoms with Gasteiger partial charge in [-0.05, 0) is 33.2 Å². The van der Waals surface area contributed by atoms with E-state index in [1.807, 2.05) is 6.92 Å². The lowest BCUT2D eigenvalue weighted by atomic mass is 10.0. The molecule has 1 unspecified atom stereocenters. The molecule has 1 heterocycles. The fourth-order valence-corrected chi connectivity index (χ4v) is 2.23. The van der Waals surface area contributed by atoms with Gasteiger partial charge in [-0.3, -0.25) is 4.79 Å². The molecule has 88 valence electrons. The Labute approximate surface area is 93.2 Å². The zero-order valence-electron chi connectivity index (χ0n) is 10.5. The molecule has 1 aliphatic heterocycles. The third kappa shape index (κ3) is 2.94. The van der Waals surface area contributed by atoms with Crippen molar-refractivity contribution in [1.29, 1.82) is 0 Å². The average molecular weight is 212 g/mol. The van der Waals surface area contributed by atoms with E-state index in [9.17, 15) is 4.79 Å². The van der Waals surface area contributed by atoms with E-state index in [-0.39, 0.29) is 11.5 Å². The molecular weight excluding hydrogens is 188 g/mol. The van der Waals surface area contributed by atoms with E-state index in [4.69, 9.17) is 0 Å². The topological polar surface area (TPSA) is 32.3 Å². The van der Waals surface area contributed by atoms with Gasteiger partial charge in [0.1, 0.15) is 0 Å². The van der Waals surface area contributed by atoms with Crippen LogP contribution in [-0.2, 0) is 4.79 Å². The van der Waals surface area contributed by atoms with Crippen LogP contribution in [-0.4, -0.2) is 36.0 Å². The molecule has 0 radical (unpaired) electrons. The maximum absolute atomic E-state index is 12.2. The first-order valence-electron chi connectivity index (χ1n) is 6.01. The normalized spacial score (nSPS) is 21.7. The molecule has 0 aliphatic carbocycles. The summed E-state index contributed by atoms with van der Waals surface area (Å²) in [5.41, 5.74) is 0.0670. The average Bonchev–Trinajstić information content (AvgIpc) is 2.53. The highest BCUT2D eigenvalue weighted by Crippen LogP contribution is 2.29. The predicted octanol–water partition coefficient (Wildman–Crippen LogP) is 1.63. The van der Waals surface area contributed by atoms with E-state index in [1.165, 1.54) is 0 Å². The fourth-order valence-electron chi connectivity index (χ4n) is 2.23. The van der Waals surface area contributed by atoms with Gasteiger partial charge in [0.25, 0.3) is 0 Å². The lowest BCUT2D eigenvalue weighted by Crippen LogP contribution is -2.46. The molecule has 1 aliphatic rings. The van der Waals surface area contributed by atoms with Gasteiger partial charge in [0.2, 0.25) is 5.91 Å². The molecule has 0 aromatic heterocycles. The second kappa shape index (κ2) is 4.97. The number of nitrogens with zero attached hydrogens (tertiary/aromatic N) is 1. The van der Waals surface area contributed by atoms with Crippen LogP contribution in [0.1, 0.15) is 40.5 Å². The van der Waals surface area contributed by atoms with Gasteiger partial charge < -0.3 is 10.2 Å². The lowest BCUT2D eigenvalue weighted by molar-refractivity contribution is -0.138. The van der Waals surface area contributed by atoms with Crippen LogP contribution in [0.5, 0.6) is 0 Å². The van der Waals surface area contributed by atoms with Gasteiger partial charge >= 0.3 is 0 Å². The van der Waals surface area contributed by atoms with Gasteiger partial charge in [0, 0.05) is 24.5 Å². The summed E-state index contributed by atoms with van der Waals surface area (Å²) in [5, 5.41) is 3.23. The minimum atomic E-state index is 0.0670. The van der Waals surface area contributed by atoms with Crippen LogP contribution < -0.4 is 5.32 Å². The lowest BCUT2D eigenvalue weighted by Gasteiger charge is -2.33. The van der Waals surface area contributed by atoms with Crippen molar-refractivity contribution in [3.05, 3.63) is 0 Å². The van der Waals surface area contributed by atoms with Crippen molar-refractivity contribution in [2.45, 2.75) is 46.1 Å². The molecule has 1 fully saturated rings. The largest absolute Gasteiger partial charge is 0.337 e. The number of carbonyl (C=O) groups is 1. The standard InChI is InChI=1S/C12H24N2O/c1-5-13-9-10(2)11(15)14-8-6-7-12(14,3)4/h10,13H,5-9H2,1-4H3. The Kier molecular flexibility index (Phi) is 4.14. The van der Waals surface area contributed by atoms with Gasteiger partial charge in [0.15, 0.2) is 0 Å². The first-order valence-corrected chi connectivity index (χ1v) is 6.01. The Morgan fingerprint density at radius 2 is 2.20 bits per heavy atom. The van der Waals surface area contributed by atoms with E-state index >= 15 is 0 Å². The number of hydrogen-bond acceptors (Lipinski definition) is 2. The van der Waals surface area contributed by atoms with Crippen LogP contribution in [0.2, 0.25) is 0 Å². The molecule has 1 atom stereocenters. The summed E-state index contributed by atoms with van der Waals surface area (Å²) in [6.07, 6.45) is 2.28. The molecule has 3 heteroatoms. The van der Waals surface area contributed by atoms with Crippen molar-refractivity contribution in [2.75, 3.05) is 19.6 Å². The van der Waals surface area contributed by atoms with Crippen LogP contribution in [0, 0.1) is 5.92 Å². The highest BCUT2D eigenvalue weighted by molar-refractivity contribution is 5.79. The number of amides is 1. The van der Waals surface area contributed by atoms with Crippen molar-refractivity contribution in [3.63, 3.8) is 0 Å². The third-order valence-electron chi connectivity index (χ3n) is 3.29. The minimum absolute atomic E-state index is 0.0670. The highest BCUT2D eigenvalue weighted by atomic mass is 16.2. The summed E-state index contributed by atoms with van der Waals surface area (Å²) in [7, 11) is 0. The quantitative estimate of drug-likeness (QED) is 0.768. The first kappa shape index (κ1) is 12.5. The molecule has 1 saturated heterocycles. The molecule has 0 aromatic carbocycles. The number of rotatable bonds is 4.